The first-order chi connectivity index (χ1) is 22.4. The molecule has 3 aromatic rings. The van der Waals surface area contributed by atoms with Crippen LogP contribution < -0.4 is 14.2 Å². The Bertz CT molecular complexity index is 1600. The number of piperazine rings is 1. The number of fused-ring (bicyclic) bond motifs is 1. The molecule has 240 valence electrons. The van der Waals surface area contributed by atoms with Crippen LogP contribution in [0, 0.1) is 0 Å². The smallest absolute Gasteiger partial charge is 0.336 e. The minimum Gasteiger partial charge on any atom is -0.489 e. The van der Waals surface area contributed by atoms with E-state index in [4.69, 9.17) is 18.9 Å². The van der Waals surface area contributed by atoms with E-state index in [1.165, 1.54) is 4.90 Å². The van der Waals surface area contributed by atoms with Gasteiger partial charge in [0.25, 0.3) is 0 Å². The van der Waals surface area contributed by atoms with Crippen molar-refractivity contribution in [2.75, 3.05) is 46.1 Å². The highest BCUT2D eigenvalue weighted by molar-refractivity contribution is 5.97. The number of ether oxygens (including phenoxy) is 4. The molecule has 3 aliphatic heterocycles. The lowest BCUT2D eigenvalue weighted by molar-refractivity contribution is -0.143. The number of esters is 1. The van der Waals surface area contributed by atoms with Crippen molar-refractivity contribution < 1.29 is 33.3 Å². The number of amides is 2. The van der Waals surface area contributed by atoms with Crippen LogP contribution in [-0.2, 0) is 32.3 Å². The molecule has 1 unspecified atom stereocenters. The van der Waals surface area contributed by atoms with Gasteiger partial charge in [-0.2, -0.15) is 0 Å². The van der Waals surface area contributed by atoms with Crippen molar-refractivity contribution in [2.45, 2.75) is 39.3 Å². The van der Waals surface area contributed by atoms with Gasteiger partial charge < -0.3 is 28.7 Å². The average Bonchev–Trinajstić information content (AvgIpc) is 3.54. The molecule has 0 saturated carbocycles. The van der Waals surface area contributed by atoms with Gasteiger partial charge in [0.15, 0.2) is 11.5 Å². The molecule has 3 aromatic carbocycles. The standard InChI is InChI=1S/C36H39N3O7/c1-3-43-36(42)35-25(2)39(33(40)20-30(35)28-10-12-29(13-11-28)44-23-26-7-5-4-6-8-26)22-34(41)38-17-15-37(16-18-38)21-27-9-14-31-32(19-27)46-24-45-31/h4-14,19,30H,3,15-18,20-24H2,1-2H3. The fraction of sp³-hybridized carbons (Fsp3) is 0.361. The Hall–Kier alpha value is -4.83. The monoisotopic (exact) mass is 625 g/mol. The Morgan fingerprint density at radius 1 is 0.891 bits per heavy atom. The summed E-state index contributed by atoms with van der Waals surface area (Å²) in [6, 6.07) is 23.3. The van der Waals surface area contributed by atoms with E-state index in [1.807, 2.05) is 72.8 Å². The maximum Gasteiger partial charge on any atom is 0.336 e. The van der Waals surface area contributed by atoms with Crippen molar-refractivity contribution >= 4 is 17.8 Å². The van der Waals surface area contributed by atoms with E-state index < -0.39 is 11.9 Å². The molecule has 1 fully saturated rings. The molecular formula is C36H39N3O7. The van der Waals surface area contributed by atoms with Crippen LogP contribution in [0.4, 0.5) is 0 Å². The summed E-state index contributed by atoms with van der Waals surface area (Å²) in [4.78, 5) is 45.7. The van der Waals surface area contributed by atoms with Crippen molar-refractivity contribution in [1.82, 2.24) is 14.7 Å². The van der Waals surface area contributed by atoms with Crippen molar-refractivity contribution in [3.63, 3.8) is 0 Å². The van der Waals surface area contributed by atoms with Crippen LogP contribution in [-0.4, -0.2) is 78.6 Å². The molecule has 10 nitrogen and oxygen atoms in total. The van der Waals surface area contributed by atoms with Gasteiger partial charge in [0.05, 0.1) is 12.2 Å². The number of hydrogen-bond donors (Lipinski definition) is 0. The fourth-order valence-electron chi connectivity index (χ4n) is 6.19. The average molecular weight is 626 g/mol. The zero-order valence-corrected chi connectivity index (χ0v) is 26.3. The molecule has 0 N–H and O–H groups in total. The van der Waals surface area contributed by atoms with Crippen molar-refractivity contribution in [3.05, 3.63) is 101 Å². The van der Waals surface area contributed by atoms with Gasteiger partial charge >= 0.3 is 5.97 Å². The summed E-state index contributed by atoms with van der Waals surface area (Å²) in [6.07, 6.45) is 0.0618. The third-order valence-electron chi connectivity index (χ3n) is 8.71. The predicted octanol–water partition coefficient (Wildman–Crippen LogP) is 4.49. The molecular weight excluding hydrogens is 586 g/mol. The molecule has 10 heteroatoms. The maximum absolute atomic E-state index is 13.5. The topological polar surface area (TPSA) is 97.9 Å². The second-order valence-corrected chi connectivity index (χ2v) is 11.6. The van der Waals surface area contributed by atoms with Crippen LogP contribution in [0.3, 0.4) is 0 Å². The molecule has 0 aliphatic carbocycles. The van der Waals surface area contributed by atoms with Crippen molar-refractivity contribution in [3.8, 4) is 17.2 Å². The number of rotatable bonds is 10. The van der Waals surface area contributed by atoms with E-state index in [0.29, 0.717) is 49.8 Å². The highest BCUT2D eigenvalue weighted by atomic mass is 16.7. The Morgan fingerprint density at radius 3 is 2.37 bits per heavy atom. The Kier molecular flexibility index (Phi) is 9.54. The van der Waals surface area contributed by atoms with Gasteiger partial charge in [-0.1, -0.05) is 48.5 Å². The highest BCUT2D eigenvalue weighted by Crippen LogP contribution is 2.38. The van der Waals surface area contributed by atoms with Crippen molar-refractivity contribution in [1.29, 1.82) is 0 Å². The Labute approximate surface area is 269 Å². The first-order valence-electron chi connectivity index (χ1n) is 15.7. The Morgan fingerprint density at radius 2 is 1.63 bits per heavy atom. The third kappa shape index (κ3) is 7.02. The third-order valence-corrected chi connectivity index (χ3v) is 8.71. The molecule has 1 saturated heterocycles. The number of allylic oxidation sites excluding steroid dienone is 1. The summed E-state index contributed by atoms with van der Waals surface area (Å²) in [6.45, 7) is 7.53. The van der Waals surface area contributed by atoms with Crippen molar-refractivity contribution in [2.24, 2.45) is 0 Å². The molecule has 6 rings (SSSR count). The van der Waals surface area contributed by atoms with E-state index >= 15 is 0 Å². The number of nitrogens with zero attached hydrogens (tertiary/aromatic N) is 3. The van der Waals surface area contributed by atoms with Crippen LogP contribution in [0.5, 0.6) is 17.2 Å². The van der Waals surface area contributed by atoms with Gasteiger partial charge in [0, 0.05) is 50.8 Å². The normalized spacial score (nSPS) is 18.1. The second-order valence-electron chi connectivity index (χ2n) is 11.6. The number of carbonyl (C=O) groups is 3. The molecule has 0 radical (unpaired) electrons. The van der Waals surface area contributed by atoms with E-state index in [-0.39, 0.29) is 38.2 Å². The molecule has 1 atom stereocenters. The molecule has 3 heterocycles. The summed E-state index contributed by atoms with van der Waals surface area (Å²) in [5, 5.41) is 0. The zero-order chi connectivity index (χ0) is 32.0. The molecule has 0 spiro atoms. The summed E-state index contributed by atoms with van der Waals surface area (Å²) >= 11 is 0. The molecule has 2 amide bonds. The van der Waals surface area contributed by atoms with E-state index in [9.17, 15) is 14.4 Å². The van der Waals surface area contributed by atoms with Crippen LogP contribution in [0.15, 0.2) is 84.1 Å². The number of hydrogen-bond acceptors (Lipinski definition) is 8. The van der Waals surface area contributed by atoms with Crippen LogP contribution in [0.25, 0.3) is 0 Å². The quantitative estimate of drug-likeness (QED) is 0.304. The van der Waals surface area contributed by atoms with Gasteiger partial charge in [0.2, 0.25) is 18.6 Å². The SMILES string of the molecule is CCOC(=O)C1=C(C)N(CC(=O)N2CCN(Cc3ccc4c(c3)OCO4)CC2)C(=O)CC1c1ccc(OCc2ccccc2)cc1. The summed E-state index contributed by atoms with van der Waals surface area (Å²) in [7, 11) is 0. The molecule has 0 aromatic heterocycles. The molecule has 46 heavy (non-hydrogen) atoms. The van der Waals surface area contributed by atoms with Gasteiger partial charge in [-0.15, -0.1) is 0 Å². The van der Waals surface area contributed by atoms with E-state index in [1.54, 1.807) is 18.7 Å². The lowest BCUT2D eigenvalue weighted by Crippen LogP contribution is -2.52. The first kappa shape index (κ1) is 31.2. The Balaban J connectivity index is 1.10. The molecule has 3 aliphatic rings. The minimum atomic E-state index is -0.485. The predicted molar refractivity (Wildman–Crippen MR) is 170 cm³/mol. The van der Waals surface area contributed by atoms with Gasteiger partial charge in [0.1, 0.15) is 18.9 Å². The zero-order valence-electron chi connectivity index (χ0n) is 26.3. The van der Waals surface area contributed by atoms with E-state index in [0.717, 1.165) is 34.7 Å². The van der Waals surface area contributed by atoms with Crippen LogP contribution in [0.2, 0.25) is 0 Å². The fourth-order valence-corrected chi connectivity index (χ4v) is 6.19. The number of carbonyl (C=O) groups excluding carboxylic acids is 3. The molecule has 0 bridgehead atoms. The highest BCUT2D eigenvalue weighted by Gasteiger charge is 2.38. The minimum absolute atomic E-state index is 0.0618. The largest absolute Gasteiger partial charge is 0.489 e. The number of benzene rings is 3. The summed E-state index contributed by atoms with van der Waals surface area (Å²) < 4.78 is 22.3. The summed E-state index contributed by atoms with van der Waals surface area (Å²) in [5.41, 5.74) is 3.86. The van der Waals surface area contributed by atoms with Crippen LogP contribution in [0.1, 0.15) is 42.9 Å². The maximum atomic E-state index is 13.5. The summed E-state index contributed by atoms with van der Waals surface area (Å²) in [5.74, 6) is 0.908. The second kappa shape index (κ2) is 14.1. The van der Waals surface area contributed by atoms with Gasteiger partial charge in [-0.25, -0.2) is 4.79 Å². The van der Waals surface area contributed by atoms with Gasteiger partial charge in [-0.3, -0.25) is 14.5 Å². The lowest BCUT2D eigenvalue weighted by atomic mass is 9.83. The lowest BCUT2D eigenvalue weighted by Gasteiger charge is -2.38. The van der Waals surface area contributed by atoms with Gasteiger partial charge in [-0.05, 0) is 54.8 Å². The van der Waals surface area contributed by atoms with Crippen LogP contribution >= 0.6 is 0 Å². The van der Waals surface area contributed by atoms with E-state index in [2.05, 4.69) is 4.90 Å². The first-order valence-corrected chi connectivity index (χ1v) is 15.7.